The molecule has 0 saturated heterocycles. The van der Waals surface area contributed by atoms with E-state index in [9.17, 15) is 13.2 Å². The van der Waals surface area contributed by atoms with Crippen LogP contribution in [0.5, 0.6) is 0 Å². The third-order valence-corrected chi connectivity index (χ3v) is 2.91. The summed E-state index contributed by atoms with van der Waals surface area (Å²) in [6, 6.07) is 1.74. The molecule has 2 rings (SSSR count). The van der Waals surface area contributed by atoms with E-state index in [1.54, 1.807) is 6.07 Å². The molecule has 0 aliphatic heterocycles. The largest absolute Gasteiger partial charge is 0.468 e. The van der Waals surface area contributed by atoms with E-state index in [4.69, 9.17) is 4.42 Å². The van der Waals surface area contributed by atoms with Crippen molar-refractivity contribution < 1.29 is 17.6 Å². The molecule has 0 amide bonds. The fourth-order valence-corrected chi connectivity index (χ4v) is 1.78. The van der Waals surface area contributed by atoms with E-state index in [0.717, 1.165) is 18.0 Å². The lowest BCUT2D eigenvalue weighted by Gasteiger charge is -2.20. The van der Waals surface area contributed by atoms with Crippen molar-refractivity contribution in [3.05, 3.63) is 41.6 Å². The fourth-order valence-electron chi connectivity index (χ4n) is 1.78. The number of halogens is 3. The predicted molar refractivity (Wildman–Crippen MR) is 71.6 cm³/mol. The van der Waals surface area contributed by atoms with E-state index < -0.39 is 11.7 Å². The molecule has 2 heterocycles. The van der Waals surface area contributed by atoms with Crippen LogP contribution in [0.2, 0.25) is 0 Å². The molecule has 1 N–H and O–H groups in total. The van der Waals surface area contributed by atoms with Crippen LogP contribution in [0.3, 0.4) is 0 Å². The summed E-state index contributed by atoms with van der Waals surface area (Å²) in [7, 11) is 0. The Morgan fingerprint density at radius 2 is 2.00 bits per heavy atom. The minimum Gasteiger partial charge on any atom is -0.468 e. The number of nitrogens with one attached hydrogen (secondary N) is 1. The van der Waals surface area contributed by atoms with Crippen LogP contribution in [0.15, 0.2) is 29.1 Å². The first-order valence-corrected chi connectivity index (χ1v) is 6.55. The van der Waals surface area contributed by atoms with E-state index in [0.29, 0.717) is 12.3 Å². The number of hydrogen-bond acceptors (Lipinski definition) is 3. The topological polar surface area (TPSA) is 43.0 Å². The summed E-state index contributed by atoms with van der Waals surface area (Å²) in [6.07, 6.45) is -1.02. The van der Waals surface area contributed by atoms with E-state index in [-0.39, 0.29) is 12.1 Å². The van der Waals surface area contributed by atoms with E-state index in [1.165, 1.54) is 10.9 Å². The van der Waals surface area contributed by atoms with Crippen LogP contribution in [0.1, 0.15) is 37.7 Å². The van der Waals surface area contributed by atoms with Crippen molar-refractivity contribution in [1.82, 2.24) is 15.1 Å². The van der Waals surface area contributed by atoms with Crippen molar-refractivity contribution >= 4 is 0 Å². The van der Waals surface area contributed by atoms with Gasteiger partial charge in [-0.1, -0.05) is 0 Å². The first-order chi connectivity index (χ1) is 9.65. The Kier molecular flexibility index (Phi) is 4.13. The molecule has 4 nitrogen and oxygen atoms in total. The van der Waals surface area contributed by atoms with Crippen LogP contribution in [0.25, 0.3) is 0 Å². The summed E-state index contributed by atoms with van der Waals surface area (Å²) >= 11 is 0. The van der Waals surface area contributed by atoms with Gasteiger partial charge in [-0.25, -0.2) is 0 Å². The summed E-state index contributed by atoms with van der Waals surface area (Å²) in [4.78, 5) is 0. The standard InChI is InChI=1S/C14H18F3N3O/c1-13(2,3)18-7-12-10(4-5-21-12)8-20-9-11(6-19-20)14(15,16)17/h4-6,9,18H,7-8H2,1-3H3. The molecule has 0 aromatic carbocycles. The van der Waals surface area contributed by atoms with Gasteiger partial charge in [0, 0.05) is 17.3 Å². The average molecular weight is 301 g/mol. The number of furan rings is 1. The Bertz CT molecular complexity index is 593. The molecule has 0 aliphatic rings. The van der Waals surface area contributed by atoms with Gasteiger partial charge in [-0.3, -0.25) is 4.68 Å². The monoisotopic (exact) mass is 301 g/mol. The number of nitrogens with zero attached hydrogens (tertiary/aromatic N) is 2. The van der Waals surface area contributed by atoms with Gasteiger partial charge in [-0.2, -0.15) is 18.3 Å². The second-order valence-electron chi connectivity index (χ2n) is 5.90. The van der Waals surface area contributed by atoms with Gasteiger partial charge in [0.15, 0.2) is 0 Å². The van der Waals surface area contributed by atoms with Gasteiger partial charge in [0.05, 0.1) is 31.1 Å². The zero-order valence-corrected chi connectivity index (χ0v) is 12.2. The Morgan fingerprint density at radius 3 is 2.57 bits per heavy atom. The van der Waals surface area contributed by atoms with Crippen LogP contribution in [0.4, 0.5) is 13.2 Å². The van der Waals surface area contributed by atoms with Crippen molar-refractivity contribution in [3.63, 3.8) is 0 Å². The number of alkyl halides is 3. The first kappa shape index (κ1) is 15.6. The maximum absolute atomic E-state index is 12.5. The van der Waals surface area contributed by atoms with Crippen molar-refractivity contribution in [2.24, 2.45) is 0 Å². The van der Waals surface area contributed by atoms with Gasteiger partial charge < -0.3 is 9.73 Å². The summed E-state index contributed by atoms with van der Waals surface area (Å²) in [6.45, 7) is 6.84. The maximum atomic E-state index is 12.5. The normalized spacial score (nSPS) is 12.9. The Hall–Kier alpha value is -1.76. The Morgan fingerprint density at radius 1 is 1.29 bits per heavy atom. The molecule has 0 saturated carbocycles. The smallest absolute Gasteiger partial charge is 0.419 e. The molecule has 0 aliphatic carbocycles. The first-order valence-electron chi connectivity index (χ1n) is 6.55. The Balaban J connectivity index is 2.07. The highest BCUT2D eigenvalue weighted by Gasteiger charge is 2.32. The number of rotatable bonds is 4. The minimum absolute atomic E-state index is 0.0702. The zero-order valence-electron chi connectivity index (χ0n) is 12.2. The number of aromatic nitrogens is 2. The highest BCUT2D eigenvalue weighted by molar-refractivity contribution is 5.18. The van der Waals surface area contributed by atoms with Crippen LogP contribution < -0.4 is 5.32 Å². The molecule has 21 heavy (non-hydrogen) atoms. The molecule has 116 valence electrons. The molecule has 0 fully saturated rings. The SMILES string of the molecule is CC(C)(C)NCc1occc1Cn1cc(C(F)(F)F)cn1. The summed E-state index contributed by atoms with van der Waals surface area (Å²) in [5.74, 6) is 0.703. The van der Waals surface area contributed by atoms with Crippen molar-refractivity contribution in [3.8, 4) is 0 Å². The predicted octanol–water partition coefficient (Wildman–Crippen LogP) is 3.43. The molecule has 0 radical (unpaired) electrons. The molecular weight excluding hydrogens is 283 g/mol. The molecule has 0 unspecified atom stereocenters. The lowest BCUT2D eigenvalue weighted by molar-refractivity contribution is -0.137. The van der Waals surface area contributed by atoms with Crippen molar-refractivity contribution in [1.29, 1.82) is 0 Å². The maximum Gasteiger partial charge on any atom is 0.419 e. The fraction of sp³-hybridized carbons (Fsp3) is 0.500. The Labute approximate surface area is 120 Å². The van der Waals surface area contributed by atoms with Crippen LogP contribution in [0, 0.1) is 0 Å². The molecule has 7 heteroatoms. The molecule has 0 atom stereocenters. The van der Waals surface area contributed by atoms with Gasteiger partial charge in [-0.15, -0.1) is 0 Å². The summed E-state index contributed by atoms with van der Waals surface area (Å²) < 4.78 is 44.2. The lowest BCUT2D eigenvalue weighted by atomic mass is 10.1. The van der Waals surface area contributed by atoms with Crippen LogP contribution in [-0.4, -0.2) is 15.3 Å². The highest BCUT2D eigenvalue weighted by atomic mass is 19.4. The molecule has 0 spiro atoms. The second-order valence-corrected chi connectivity index (χ2v) is 5.90. The molecule has 0 bridgehead atoms. The second kappa shape index (κ2) is 5.55. The average Bonchev–Trinajstić information content (AvgIpc) is 2.94. The number of hydrogen-bond donors (Lipinski definition) is 1. The zero-order chi connectivity index (χ0) is 15.7. The van der Waals surface area contributed by atoms with Crippen LogP contribution >= 0.6 is 0 Å². The molecule has 2 aromatic rings. The van der Waals surface area contributed by atoms with Gasteiger partial charge in [0.1, 0.15) is 5.76 Å². The summed E-state index contributed by atoms with van der Waals surface area (Å²) in [5, 5.41) is 7.02. The van der Waals surface area contributed by atoms with Gasteiger partial charge >= 0.3 is 6.18 Å². The summed E-state index contributed by atoms with van der Waals surface area (Å²) in [5.41, 5.74) is -0.0110. The van der Waals surface area contributed by atoms with E-state index in [2.05, 4.69) is 10.4 Å². The van der Waals surface area contributed by atoms with Crippen LogP contribution in [-0.2, 0) is 19.3 Å². The minimum atomic E-state index is -4.37. The van der Waals surface area contributed by atoms with E-state index in [1.807, 2.05) is 20.8 Å². The molecular formula is C14H18F3N3O. The van der Waals surface area contributed by atoms with Crippen molar-refractivity contribution in [2.75, 3.05) is 0 Å². The van der Waals surface area contributed by atoms with Gasteiger partial charge in [0.25, 0.3) is 0 Å². The van der Waals surface area contributed by atoms with E-state index >= 15 is 0 Å². The van der Waals surface area contributed by atoms with Crippen molar-refractivity contribution in [2.45, 2.75) is 45.6 Å². The quantitative estimate of drug-likeness (QED) is 0.941. The third-order valence-electron chi connectivity index (χ3n) is 2.91. The third kappa shape index (κ3) is 4.35. The molecule has 2 aromatic heterocycles. The highest BCUT2D eigenvalue weighted by Crippen LogP contribution is 2.28. The lowest BCUT2D eigenvalue weighted by Crippen LogP contribution is -2.35. The van der Waals surface area contributed by atoms with Gasteiger partial charge in [-0.05, 0) is 26.8 Å². The van der Waals surface area contributed by atoms with Gasteiger partial charge in [0.2, 0.25) is 0 Å².